The second-order valence-corrected chi connectivity index (χ2v) is 8.26. The molecule has 24 heavy (non-hydrogen) atoms. The van der Waals surface area contributed by atoms with Crippen molar-refractivity contribution in [2.75, 3.05) is 6.54 Å². The van der Waals surface area contributed by atoms with Crippen molar-refractivity contribution in [1.29, 1.82) is 0 Å². The van der Waals surface area contributed by atoms with Crippen molar-refractivity contribution >= 4 is 11.6 Å². The molecule has 1 aromatic rings. The molecule has 4 bridgehead atoms. The fourth-order valence-electron chi connectivity index (χ4n) is 5.83. The van der Waals surface area contributed by atoms with Crippen molar-refractivity contribution in [1.82, 2.24) is 15.1 Å². The van der Waals surface area contributed by atoms with E-state index < -0.39 is 10.8 Å². The monoisotopic (exact) mass is 332 g/mol. The summed E-state index contributed by atoms with van der Waals surface area (Å²) >= 11 is 0. The molecule has 7 heteroatoms. The topological polar surface area (TPSA) is 90.1 Å². The maximum absolute atomic E-state index is 12.5. The molecule has 4 aliphatic carbocycles. The minimum Gasteiger partial charge on any atom is -0.350 e. The lowest BCUT2D eigenvalue weighted by atomic mass is 9.49. The Kier molecular flexibility index (Phi) is 3.44. The maximum Gasteiger partial charge on any atom is 0.322 e. The van der Waals surface area contributed by atoms with Crippen molar-refractivity contribution in [2.45, 2.75) is 45.4 Å². The van der Waals surface area contributed by atoms with Crippen LogP contribution in [0.15, 0.2) is 0 Å². The predicted octanol–water partition coefficient (Wildman–Crippen LogP) is 2.58. The molecule has 130 valence electrons. The van der Waals surface area contributed by atoms with Crippen LogP contribution in [0.1, 0.15) is 54.7 Å². The van der Waals surface area contributed by atoms with Crippen LogP contribution in [-0.2, 0) is 7.05 Å². The predicted molar refractivity (Wildman–Crippen MR) is 87.5 cm³/mol. The number of hydrogen-bond donors (Lipinski definition) is 1. The van der Waals surface area contributed by atoms with Crippen molar-refractivity contribution in [3.05, 3.63) is 21.5 Å². The Morgan fingerprint density at radius 1 is 1.29 bits per heavy atom. The van der Waals surface area contributed by atoms with Crippen LogP contribution in [0.25, 0.3) is 0 Å². The van der Waals surface area contributed by atoms with Gasteiger partial charge in [0.2, 0.25) is 5.69 Å². The maximum atomic E-state index is 12.5. The minimum atomic E-state index is -0.512. The van der Waals surface area contributed by atoms with Crippen molar-refractivity contribution in [3.8, 4) is 0 Å². The summed E-state index contributed by atoms with van der Waals surface area (Å²) in [7, 11) is 1.62. The van der Waals surface area contributed by atoms with Crippen LogP contribution in [-0.4, -0.2) is 27.2 Å². The molecule has 7 nitrogen and oxygen atoms in total. The van der Waals surface area contributed by atoms with Crippen molar-refractivity contribution in [2.24, 2.45) is 30.2 Å². The van der Waals surface area contributed by atoms with E-state index in [2.05, 4.69) is 10.4 Å². The van der Waals surface area contributed by atoms with Crippen LogP contribution in [0.5, 0.6) is 0 Å². The number of aromatic nitrogens is 2. The zero-order chi connectivity index (χ0) is 17.1. The molecule has 1 N–H and O–H groups in total. The second-order valence-electron chi connectivity index (χ2n) is 8.26. The minimum absolute atomic E-state index is 0.0651. The number of carbonyl (C=O) groups excluding carboxylic acids is 1. The molecule has 1 heterocycles. The first kappa shape index (κ1) is 15.6. The summed E-state index contributed by atoms with van der Waals surface area (Å²) in [6.07, 6.45) is 7.67. The molecule has 4 fully saturated rings. The molecular formula is C17H24N4O3. The fourth-order valence-corrected chi connectivity index (χ4v) is 5.83. The van der Waals surface area contributed by atoms with Crippen LogP contribution < -0.4 is 5.32 Å². The van der Waals surface area contributed by atoms with Gasteiger partial charge in [0.1, 0.15) is 5.69 Å². The Balaban J connectivity index is 1.50. The molecule has 0 atom stereocenters. The van der Waals surface area contributed by atoms with Gasteiger partial charge >= 0.3 is 5.69 Å². The first-order valence-electron chi connectivity index (χ1n) is 8.83. The van der Waals surface area contributed by atoms with E-state index in [1.165, 1.54) is 43.2 Å². The van der Waals surface area contributed by atoms with Gasteiger partial charge in [-0.3, -0.25) is 19.6 Å². The molecule has 0 unspecified atom stereocenters. The molecular weight excluding hydrogens is 308 g/mol. The highest BCUT2D eigenvalue weighted by atomic mass is 16.6. The second kappa shape index (κ2) is 5.29. The lowest BCUT2D eigenvalue weighted by molar-refractivity contribution is -0.385. The van der Waals surface area contributed by atoms with E-state index in [0.717, 1.165) is 17.8 Å². The van der Waals surface area contributed by atoms with Crippen LogP contribution >= 0.6 is 0 Å². The number of hydrogen-bond acceptors (Lipinski definition) is 4. The number of nitro groups is 1. The van der Waals surface area contributed by atoms with Gasteiger partial charge in [-0.2, -0.15) is 5.10 Å². The lowest BCUT2D eigenvalue weighted by Crippen LogP contribution is -2.51. The van der Waals surface area contributed by atoms with E-state index in [1.54, 1.807) is 14.0 Å². The normalized spacial score (nSPS) is 33.7. The largest absolute Gasteiger partial charge is 0.350 e. The summed E-state index contributed by atoms with van der Waals surface area (Å²) in [6.45, 7) is 2.24. The SMILES string of the molecule is Cc1c([N+](=O)[O-])c(C(=O)NCC23CC4CC(CC(C4)C2)C3)nn1C. The highest BCUT2D eigenvalue weighted by molar-refractivity contribution is 5.96. The Morgan fingerprint density at radius 2 is 1.83 bits per heavy atom. The van der Waals surface area contributed by atoms with Crippen LogP contribution in [0.2, 0.25) is 0 Å². The van der Waals surface area contributed by atoms with Crippen LogP contribution in [0, 0.1) is 40.2 Å². The van der Waals surface area contributed by atoms with Crippen molar-refractivity contribution in [3.63, 3.8) is 0 Å². The van der Waals surface area contributed by atoms with Crippen molar-refractivity contribution < 1.29 is 9.72 Å². The molecule has 4 saturated carbocycles. The molecule has 4 aliphatic rings. The number of nitrogens with zero attached hydrogens (tertiary/aromatic N) is 3. The van der Waals surface area contributed by atoms with Gasteiger partial charge in [0.15, 0.2) is 0 Å². The Labute approximate surface area is 140 Å². The molecule has 0 aromatic carbocycles. The van der Waals surface area contributed by atoms with E-state index in [9.17, 15) is 14.9 Å². The summed E-state index contributed by atoms with van der Waals surface area (Å²) < 4.78 is 1.40. The van der Waals surface area contributed by atoms with Crippen LogP contribution in [0.3, 0.4) is 0 Å². The third kappa shape index (κ3) is 2.41. The molecule has 0 spiro atoms. The molecule has 1 aromatic heterocycles. The number of nitrogens with one attached hydrogen (secondary N) is 1. The first-order valence-corrected chi connectivity index (χ1v) is 8.83. The average Bonchev–Trinajstić information content (AvgIpc) is 2.79. The van der Waals surface area contributed by atoms with Gasteiger partial charge in [0.05, 0.1) is 4.92 Å². The third-order valence-corrected chi connectivity index (χ3v) is 6.49. The average molecular weight is 332 g/mol. The van der Waals surface area contributed by atoms with E-state index in [-0.39, 0.29) is 16.8 Å². The summed E-state index contributed by atoms with van der Waals surface area (Å²) in [4.78, 5) is 23.3. The van der Waals surface area contributed by atoms with Gasteiger partial charge in [-0.15, -0.1) is 0 Å². The molecule has 0 aliphatic heterocycles. The number of rotatable bonds is 4. The fraction of sp³-hybridized carbons (Fsp3) is 0.765. The van der Waals surface area contributed by atoms with Gasteiger partial charge in [0.25, 0.3) is 5.91 Å². The standard InChI is InChI=1S/C17H24N4O3/c1-10-15(21(23)24)14(19-20(10)2)16(22)18-9-17-6-11-3-12(7-17)5-13(4-11)8-17/h11-13H,3-9H2,1-2H3,(H,18,22). The summed E-state index contributed by atoms with van der Waals surface area (Å²) in [5.41, 5.74) is 0.369. The quantitative estimate of drug-likeness (QED) is 0.678. The zero-order valence-corrected chi connectivity index (χ0v) is 14.2. The Hall–Kier alpha value is -1.92. The van der Waals surface area contributed by atoms with E-state index in [4.69, 9.17) is 0 Å². The van der Waals surface area contributed by atoms with E-state index >= 15 is 0 Å². The summed E-state index contributed by atoms with van der Waals surface area (Å²) in [5, 5.41) is 18.3. The van der Waals surface area contributed by atoms with Gasteiger partial charge < -0.3 is 5.32 Å². The van der Waals surface area contributed by atoms with Crippen LogP contribution in [0.4, 0.5) is 5.69 Å². The Morgan fingerprint density at radius 3 is 2.33 bits per heavy atom. The van der Waals surface area contributed by atoms with Gasteiger partial charge in [-0.1, -0.05) is 0 Å². The third-order valence-electron chi connectivity index (χ3n) is 6.49. The highest BCUT2D eigenvalue weighted by Gasteiger charge is 2.50. The number of amides is 1. The zero-order valence-electron chi connectivity index (χ0n) is 14.2. The summed E-state index contributed by atoms with van der Waals surface area (Å²) in [6, 6.07) is 0. The smallest absolute Gasteiger partial charge is 0.322 e. The highest BCUT2D eigenvalue weighted by Crippen LogP contribution is 2.59. The van der Waals surface area contributed by atoms with Gasteiger partial charge in [-0.05, 0) is 68.6 Å². The van der Waals surface area contributed by atoms with Gasteiger partial charge in [-0.25, -0.2) is 0 Å². The number of aryl methyl sites for hydroxylation is 1. The van der Waals surface area contributed by atoms with Gasteiger partial charge in [0, 0.05) is 13.6 Å². The molecule has 1 amide bonds. The first-order chi connectivity index (χ1) is 11.4. The molecule has 0 saturated heterocycles. The van der Waals surface area contributed by atoms with E-state index in [0.29, 0.717) is 12.2 Å². The number of carbonyl (C=O) groups is 1. The molecule has 0 radical (unpaired) electrons. The summed E-state index contributed by atoms with van der Waals surface area (Å²) in [5.74, 6) is 2.04. The lowest BCUT2D eigenvalue weighted by Gasteiger charge is -2.56. The van der Waals surface area contributed by atoms with E-state index in [1.807, 2.05) is 0 Å². The Bertz CT molecular complexity index is 674. The molecule has 5 rings (SSSR count).